The summed E-state index contributed by atoms with van der Waals surface area (Å²) in [6, 6.07) is 0. The second-order valence-corrected chi connectivity index (χ2v) is 1.65. The van der Waals surface area contributed by atoms with Crippen LogP contribution in [0.4, 0.5) is 8.71 Å². The monoisotopic (exact) mass is 189 g/mol. The van der Waals surface area contributed by atoms with E-state index >= 15 is 0 Å². The molecule has 1 atom stereocenters. The Morgan fingerprint density at radius 1 is 1.80 bits per heavy atom. The van der Waals surface area contributed by atoms with Crippen LogP contribution in [0.2, 0.25) is 0 Å². The molecule has 1 radical (unpaired) electrons. The summed E-state index contributed by atoms with van der Waals surface area (Å²) in [6.07, 6.45) is 0. The van der Waals surface area contributed by atoms with E-state index in [-0.39, 0.29) is 7.56 Å². The Kier molecular flexibility index (Phi) is 3.25. The highest BCUT2D eigenvalue weighted by molar-refractivity contribution is 14.1. The molecule has 1 unspecified atom stereocenters. The maximum atomic E-state index is 11.0. The summed E-state index contributed by atoms with van der Waals surface area (Å²) in [5, 5.41) is 0. The molecule has 29 valence electrons. The van der Waals surface area contributed by atoms with Crippen LogP contribution < -0.4 is 0 Å². The molecular weight excluding hydrogens is 188 g/mol. The minimum atomic E-state index is -1.44. The molecule has 0 aromatic rings. The third-order valence-corrected chi connectivity index (χ3v) is 0.367. The predicted molar refractivity (Wildman–Crippen MR) is 25.8 cm³/mol. The first-order valence-corrected chi connectivity index (χ1v) is 2.23. The summed E-state index contributed by atoms with van der Waals surface area (Å²) in [4.78, 5) is 0. The molecule has 0 N–H and O–H groups in total. The molecule has 5 heavy (non-hydrogen) atoms. The van der Waals surface area contributed by atoms with Crippen LogP contribution >= 0.6 is 22.6 Å². The van der Waals surface area contributed by atoms with Crippen LogP contribution in [-0.4, -0.2) is 11.6 Å². The van der Waals surface area contributed by atoms with Gasteiger partial charge in [0, 0.05) is 0 Å². The molecule has 0 aliphatic carbocycles. The third kappa shape index (κ3) is 4.65. The normalized spacial score (nSPS) is 14.2. The zero-order valence-corrected chi connectivity index (χ0v) is 4.45. The van der Waals surface area contributed by atoms with Crippen molar-refractivity contribution < 1.29 is 8.71 Å². The van der Waals surface area contributed by atoms with E-state index in [4.69, 9.17) is 0 Å². The van der Waals surface area contributed by atoms with Gasteiger partial charge >= 0.3 is 7.56 Å². The summed E-state index contributed by atoms with van der Waals surface area (Å²) in [7, 11) is -0.0133. The van der Waals surface area contributed by atoms with E-state index in [0.717, 1.165) is 0 Å². The Balaban J connectivity index is 2.54. The largest absolute Gasteiger partial charge is 0.404 e. The van der Waals surface area contributed by atoms with Gasteiger partial charge in [-0.1, -0.05) is 22.6 Å². The van der Waals surface area contributed by atoms with Crippen LogP contribution in [0, 0.1) is 0 Å². The summed E-state index contributed by atoms with van der Waals surface area (Å²) >= 11 is 1.31. The van der Waals surface area contributed by atoms with Crippen LogP contribution in [0.25, 0.3) is 0 Å². The number of hydrogen-bond acceptors (Lipinski definition) is 0. The summed E-state index contributed by atoms with van der Waals surface area (Å²) in [5.74, 6) is 0. The van der Waals surface area contributed by atoms with Crippen LogP contribution in [0.5, 0.6) is 0 Å². The van der Waals surface area contributed by atoms with E-state index in [1.54, 1.807) is 0 Å². The molecule has 0 aliphatic heterocycles. The minimum Gasteiger partial charge on any atom is -0.338 e. The molecule has 4 heteroatoms. The lowest BCUT2D eigenvalue weighted by Gasteiger charge is -1.76. The first-order chi connectivity index (χ1) is 2.27. The van der Waals surface area contributed by atoms with Gasteiger partial charge in [0.1, 0.15) is 0 Å². The average molecular weight is 189 g/mol. The Morgan fingerprint density at radius 2 is 2.00 bits per heavy atom. The van der Waals surface area contributed by atoms with Gasteiger partial charge in [-0.15, -0.1) is 0 Å². The fraction of sp³-hybridized carbons (Fsp3) is 1.00. The lowest BCUT2D eigenvalue weighted by Crippen LogP contribution is -1.91. The molecular formula is CHBF2I. The fourth-order valence-corrected chi connectivity index (χ4v) is 0. The topological polar surface area (TPSA) is 0 Å². The highest BCUT2D eigenvalue weighted by Gasteiger charge is 1.98. The maximum Gasteiger partial charge on any atom is 0.404 e. The van der Waals surface area contributed by atoms with Gasteiger partial charge in [-0.3, -0.25) is 0 Å². The van der Waals surface area contributed by atoms with Gasteiger partial charge in [0.25, 0.3) is 0 Å². The molecule has 0 saturated heterocycles. The van der Waals surface area contributed by atoms with Crippen molar-refractivity contribution in [1.29, 1.82) is 0 Å². The molecule has 0 fully saturated rings. The predicted octanol–water partition coefficient (Wildman–Crippen LogP) is 1.26. The lowest BCUT2D eigenvalue weighted by molar-refractivity contribution is 0.555. The van der Waals surface area contributed by atoms with Gasteiger partial charge in [-0.05, 0) is 0 Å². The van der Waals surface area contributed by atoms with Crippen LogP contribution in [-0.2, 0) is 0 Å². The van der Waals surface area contributed by atoms with Crippen LogP contribution in [0.1, 0.15) is 0 Å². The Hall–Kier alpha value is 0.655. The molecule has 0 aliphatic rings. The number of rotatable bonds is 1. The maximum absolute atomic E-state index is 11.0. The average Bonchev–Trinajstić information content (AvgIpc) is 1.38. The van der Waals surface area contributed by atoms with Crippen molar-refractivity contribution in [2.45, 2.75) is 4.08 Å². The number of hydrogen-bond donors (Lipinski definition) is 0. The minimum absolute atomic E-state index is 0.0133. The van der Waals surface area contributed by atoms with E-state index < -0.39 is 4.08 Å². The highest BCUT2D eigenvalue weighted by Crippen LogP contribution is 1.96. The standard InChI is InChI=1S/CHBF2I/c3-1(5)2-4/h1H. The molecule has 0 saturated carbocycles. The smallest absolute Gasteiger partial charge is 0.338 e. The van der Waals surface area contributed by atoms with E-state index in [1.165, 1.54) is 22.6 Å². The zero-order valence-electron chi connectivity index (χ0n) is 2.29. The molecule has 0 aromatic heterocycles. The van der Waals surface area contributed by atoms with Crippen molar-refractivity contribution in [2.24, 2.45) is 0 Å². The number of halogens is 3. The molecule has 0 bridgehead atoms. The van der Waals surface area contributed by atoms with Gasteiger partial charge in [0.2, 0.25) is 0 Å². The van der Waals surface area contributed by atoms with Gasteiger partial charge in [-0.2, -0.15) is 0 Å². The molecule has 0 heterocycles. The molecule has 0 aromatic carbocycles. The van der Waals surface area contributed by atoms with Crippen molar-refractivity contribution >= 4 is 30.1 Å². The van der Waals surface area contributed by atoms with E-state index in [0.29, 0.717) is 0 Å². The zero-order chi connectivity index (χ0) is 4.28. The lowest BCUT2D eigenvalue weighted by atomic mass is 10.1. The van der Waals surface area contributed by atoms with Crippen LogP contribution in [0.3, 0.4) is 0 Å². The van der Waals surface area contributed by atoms with Gasteiger partial charge < -0.3 is 4.32 Å². The SMILES string of the molecule is F[B]C(F)I. The van der Waals surface area contributed by atoms with Crippen molar-refractivity contribution in [3.05, 3.63) is 0 Å². The third-order valence-electron chi connectivity index (χ3n) is 0.0952. The Morgan fingerprint density at radius 3 is 2.00 bits per heavy atom. The molecule has 0 nitrogen and oxygen atoms in total. The summed E-state index contributed by atoms with van der Waals surface area (Å²) in [5.41, 5.74) is 0. The molecule has 0 amide bonds. The Labute approximate surface area is 43.4 Å². The number of alkyl halides is 2. The second-order valence-electron chi connectivity index (χ2n) is 0.460. The first-order valence-electron chi connectivity index (χ1n) is 0.988. The van der Waals surface area contributed by atoms with E-state index in [1.807, 2.05) is 0 Å². The second kappa shape index (κ2) is 2.87. The van der Waals surface area contributed by atoms with Crippen molar-refractivity contribution in [3.63, 3.8) is 0 Å². The van der Waals surface area contributed by atoms with Crippen LogP contribution in [0.15, 0.2) is 0 Å². The fourth-order valence-electron chi connectivity index (χ4n) is 0. The van der Waals surface area contributed by atoms with Gasteiger partial charge in [0.15, 0.2) is 4.08 Å². The quantitative estimate of drug-likeness (QED) is 0.330. The summed E-state index contributed by atoms with van der Waals surface area (Å²) < 4.78 is 20.2. The highest BCUT2D eigenvalue weighted by atomic mass is 127. The van der Waals surface area contributed by atoms with Crippen molar-refractivity contribution in [3.8, 4) is 0 Å². The molecule has 0 rings (SSSR count). The van der Waals surface area contributed by atoms with Crippen molar-refractivity contribution in [1.82, 2.24) is 0 Å². The Bertz CT molecular complexity index is 23.6. The molecule has 0 spiro atoms. The van der Waals surface area contributed by atoms with Gasteiger partial charge in [-0.25, -0.2) is 4.39 Å². The summed E-state index contributed by atoms with van der Waals surface area (Å²) in [6.45, 7) is 0. The van der Waals surface area contributed by atoms with Gasteiger partial charge in [0.05, 0.1) is 0 Å². The van der Waals surface area contributed by atoms with Crippen molar-refractivity contribution in [2.75, 3.05) is 0 Å². The van der Waals surface area contributed by atoms with E-state index in [9.17, 15) is 8.71 Å². The first kappa shape index (κ1) is 5.65. The van der Waals surface area contributed by atoms with E-state index in [2.05, 4.69) is 0 Å².